The van der Waals surface area contributed by atoms with E-state index in [1.54, 1.807) is 0 Å². The van der Waals surface area contributed by atoms with Crippen LogP contribution < -0.4 is 14.8 Å². The second kappa shape index (κ2) is 11.0. The maximum Gasteiger partial charge on any atom is 0.407 e. The van der Waals surface area contributed by atoms with Crippen LogP contribution in [0.5, 0.6) is 11.5 Å². The number of nitrogens with one attached hydrogen (secondary N) is 1. The van der Waals surface area contributed by atoms with Crippen LogP contribution in [-0.4, -0.2) is 49.5 Å². The molecule has 156 valence electrons. The highest BCUT2D eigenvalue weighted by atomic mass is 16.5. The third-order valence-electron chi connectivity index (χ3n) is 4.32. The molecule has 1 amide bonds. The largest absolute Gasteiger partial charge is 0.493 e. The fourth-order valence-corrected chi connectivity index (χ4v) is 2.73. The molecule has 0 saturated heterocycles. The first-order valence-electron chi connectivity index (χ1n) is 9.02. The Morgan fingerprint density at radius 2 is 1.76 bits per heavy atom. The summed E-state index contributed by atoms with van der Waals surface area (Å²) >= 11 is 0. The van der Waals surface area contributed by atoms with E-state index in [2.05, 4.69) is 5.32 Å². The van der Waals surface area contributed by atoms with E-state index in [1.165, 1.54) is 26.4 Å². The van der Waals surface area contributed by atoms with Crippen molar-refractivity contribution >= 4 is 12.4 Å². The Labute approximate surface area is 169 Å². The molecular formula is C21H25NO7. The zero-order valence-electron chi connectivity index (χ0n) is 16.3. The molecule has 0 saturated carbocycles. The van der Waals surface area contributed by atoms with Gasteiger partial charge in [-0.3, -0.25) is 4.79 Å². The van der Waals surface area contributed by atoms with Crippen LogP contribution in [-0.2, 0) is 11.3 Å². The van der Waals surface area contributed by atoms with E-state index in [0.717, 1.165) is 5.56 Å². The molecule has 0 aliphatic carbocycles. The van der Waals surface area contributed by atoms with Gasteiger partial charge in [-0.25, -0.2) is 4.79 Å². The maximum atomic E-state index is 11.7. The number of aldehydes is 1. The van der Waals surface area contributed by atoms with Crippen LogP contribution in [0.3, 0.4) is 0 Å². The Balaban J connectivity index is 1.89. The second-order valence-corrected chi connectivity index (χ2v) is 6.24. The Hall–Kier alpha value is -3.10. The highest BCUT2D eigenvalue weighted by Crippen LogP contribution is 2.34. The summed E-state index contributed by atoms with van der Waals surface area (Å²) in [6, 6.07) is 12.1. The predicted octanol–water partition coefficient (Wildman–Crippen LogP) is 2.23. The first-order valence-corrected chi connectivity index (χ1v) is 9.02. The standard InChI is InChI=1S/C21H25NO7/c1-27-18-10-15(12-23)16(11-19(18)28-2)20(25)17(24)8-9-22-21(26)29-13-14-6-4-3-5-7-14/h3-7,10-12,17,20,24-25H,8-9,13H2,1-2H3,(H,22,26). The van der Waals surface area contributed by atoms with Crippen molar-refractivity contribution in [3.63, 3.8) is 0 Å². The summed E-state index contributed by atoms with van der Waals surface area (Å²) in [6.07, 6.45) is -2.59. The van der Waals surface area contributed by atoms with Gasteiger partial charge in [-0.2, -0.15) is 0 Å². The summed E-state index contributed by atoms with van der Waals surface area (Å²) in [5.74, 6) is 0.657. The summed E-state index contributed by atoms with van der Waals surface area (Å²) in [7, 11) is 2.86. The zero-order chi connectivity index (χ0) is 21.2. The Bertz CT molecular complexity index is 810. The van der Waals surface area contributed by atoms with E-state index >= 15 is 0 Å². The fraction of sp³-hybridized carbons (Fsp3) is 0.333. The molecule has 29 heavy (non-hydrogen) atoms. The number of ether oxygens (including phenoxy) is 3. The number of rotatable bonds is 10. The Kier molecular flexibility index (Phi) is 8.45. The number of carbonyl (C=O) groups excluding carboxylic acids is 2. The lowest BCUT2D eigenvalue weighted by molar-refractivity contribution is 0.0132. The van der Waals surface area contributed by atoms with Gasteiger partial charge >= 0.3 is 6.09 Å². The van der Waals surface area contributed by atoms with Gasteiger partial charge in [-0.15, -0.1) is 0 Å². The number of hydrogen-bond donors (Lipinski definition) is 3. The molecule has 0 aliphatic heterocycles. The molecule has 0 aliphatic rings. The van der Waals surface area contributed by atoms with E-state index in [1.807, 2.05) is 30.3 Å². The molecular weight excluding hydrogens is 378 g/mol. The number of aliphatic hydroxyl groups is 2. The minimum atomic E-state index is -1.35. The number of aliphatic hydroxyl groups excluding tert-OH is 2. The van der Waals surface area contributed by atoms with Crippen molar-refractivity contribution in [3.8, 4) is 11.5 Å². The number of carbonyl (C=O) groups is 2. The number of hydrogen-bond acceptors (Lipinski definition) is 7. The lowest BCUT2D eigenvalue weighted by Gasteiger charge is -2.21. The normalized spacial score (nSPS) is 12.6. The molecule has 8 nitrogen and oxygen atoms in total. The van der Waals surface area contributed by atoms with Gasteiger partial charge in [-0.1, -0.05) is 30.3 Å². The van der Waals surface area contributed by atoms with E-state index in [9.17, 15) is 19.8 Å². The summed E-state index contributed by atoms with van der Waals surface area (Å²) in [5, 5.41) is 23.2. The first-order chi connectivity index (χ1) is 14.0. The SMILES string of the molecule is COc1cc(C=O)c(C(O)C(O)CCNC(=O)OCc2ccccc2)cc1OC. The maximum absolute atomic E-state index is 11.7. The number of amides is 1. The van der Waals surface area contributed by atoms with Crippen molar-refractivity contribution in [2.75, 3.05) is 20.8 Å². The molecule has 0 radical (unpaired) electrons. The molecule has 2 aromatic rings. The van der Waals surface area contributed by atoms with Gasteiger partial charge in [0.25, 0.3) is 0 Å². The van der Waals surface area contributed by atoms with Crippen LogP contribution in [0.4, 0.5) is 4.79 Å². The van der Waals surface area contributed by atoms with E-state index < -0.39 is 18.3 Å². The summed E-state index contributed by atoms with van der Waals surface area (Å²) in [6.45, 7) is 0.210. The van der Waals surface area contributed by atoms with Crippen molar-refractivity contribution in [3.05, 3.63) is 59.2 Å². The lowest BCUT2D eigenvalue weighted by atomic mass is 9.97. The summed E-state index contributed by atoms with van der Waals surface area (Å²) < 4.78 is 15.4. The summed E-state index contributed by atoms with van der Waals surface area (Å²) in [4.78, 5) is 23.1. The van der Waals surface area contributed by atoms with Gasteiger partial charge in [0.1, 0.15) is 12.7 Å². The molecule has 0 spiro atoms. The van der Waals surface area contributed by atoms with Crippen molar-refractivity contribution in [2.24, 2.45) is 0 Å². The zero-order valence-corrected chi connectivity index (χ0v) is 16.3. The smallest absolute Gasteiger partial charge is 0.407 e. The predicted molar refractivity (Wildman–Crippen MR) is 105 cm³/mol. The minimum Gasteiger partial charge on any atom is -0.493 e. The highest BCUT2D eigenvalue weighted by molar-refractivity contribution is 5.79. The summed E-state index contributed by atoms with van der Waals surface area (Å²) in [5.41, 5.74) is 1.23. The molecule has 8 heteroatoms. The van der Waals surface area contributed by atoms with Crippen LogP contribution in [0, 0.1) is 0 Å². The van der Waals surface area contributed by atoms with Gasteiger partial charge in [0, 0.05) is 12.1 Å². The number of methoxy groups -OCH3 is 2. The lowest BCUT2D eigenvalue weighted by Crippen LogP contribution is -2.30. The highest BCUT2D eigenvalue weighted by Gasteiger charge is 2.23. The van der Waals surface area contributed by atoms with Crippen LogP contribution in [0.25, 0.3) is 0 Å². The monoisotopic (exact) mass is 403 g/mol. The fourth-order valence-electron chi connectivity index (χ4n) is 2.73. The molecule has 2 unspecified atom stereocenters. The van der Waals surface area contributed by atoms with Crippen LogP contribution in [0.1, 0.15) is 34.0 Å². The van der Waals surface area contributed by atoms with Crippen molar-refractivity contribution < 1.29 is 34.0 Å². The van der Waals surface area contributed by atoms with Crippen LogP contribution in [0.2, 0.25) is 0 Å². The first kappa shape index (κ1) is 22.2. The average molecular weight is 403 g/mol. The molecule has 2 atom stereocenters. The number of alkyl carbamates (subject to hydrolysis) is 1. The third kappa shape index (κ3) is 6.20. The molecule has 2 rings (SSSR count). The van der Waals surface area contributed by atoms with E-state index in [-0.39, 0.29) is 30.7 Å². The van der Waals surface area contributed by atoms with Crippen molar-refractivity contribution in [1.82, 2.24) is 5.32 Å². The molecule has 2 aromatic carbocycles. The number of benzene rings is 2. The Morgan fingerprint density at radius 3 is 2.38 bits per heavy atom. The third-order valence-corrected chi connectivity index (χ3v) is 4.32. The van der Waals surface area contributed by atoms with Crippen LogP contribution >= 0.6 is 0 Å². The van der Waals surface area contributed by atoms with Crippen molar-refractivity contribution in [1.29, 1.82) is 0 Å². The molecule has 0 heterocycles. The van der Waals surface area contributed by atoms with E-state index in [0.29, 0.717) is 17.8 Å². The molecule has 0 aromatic heterocycles. The second-order valence-electron chi connectivity index (χ2n) is 6.24. The van der Waals surface area contributed by atoms with Crippen molar-refractivity contribution in [2.45, 2.75) is 25.2 Å². The Morgan fingerprint density at radius 1 is 1.10 bits per heavy atom. The van der Waals surface area contributed by atoms with Gasteiger partial charge < -0.3 is 29.7 Å². The van der Waals surface area contributed by atoms with Gasteiger partial charge in [0.05, 0.1) is 20.3 Å². The van der Waals surface area contributed by atoms with E-state index in [4.69, 9.17) is 14.2 Å². The van der Waals surface area contributed by atoms with Gasteiger partial charge in [-0.05, 0) is 29.7 Å². The van der Waals surface area contributed by atoms with Gasteiger partial charge in [0.2, 0.25) is 0 Å². The van der Waals surface area contributed by atoms with Crippen LogP contribution in [0.15, 0.2) is 42.5 Å². The average Bonchev–Trinajstić information content (AvgIpc) is 2.76. The molecule has 0 bridgehead atoms. The molecule has 0 fully saturated rings. The minimum absolute atomic E-state index is 0.0498. The topological polar surface area (TPSA) is 114 Å². The quantitative estimate of drug-likeness (QED) is 0.521. The molecule has 3 N–H and O–H groups in total. The van der Waals surface area contributed by atoms with Gasteiger partial charge in [0.15, 0.2) is 17.8 Å².